The normalized spacial score (nSPS) is 20.1. The van der Waals surface area contributed by atoms with Gasteiger partial charge in [-0.05, 0) is 49.8 Å². The van der Waals surface area contributed by atoms with E-state index in [2.05, 4.69) is 15.2 Å². The largest absolute Gasteiger partial charge is 0.484 e. The summed E-state index contributed by atoms with van der Waals surface area (Å²) in [5.41, 5.74) is 6.18. The van der Waals surface area contributed by atoms with Crippen molar-refractivity contribution >= 4 is 35.8 Å². The molecule has 174 valence electrons. The average molecular weight is 546 g/mol. The molecule has 3 rings (SSSR count). The zero-order valence-corrected chi connectivity index (χ0v) is 20.6. The van der Waals surface area contributed by atoms with E-state index in [0.717, 1.165) is 50.5 Å². The van der Waals surface area contributed by atoms with Crippen LogP contribution in [-0.4, -0.2) is 68.9 Å². The predicted octanol–water partition coefficient (Wildman–Crippen LogP) is 2.29. The van der Waals surface area contributed by atoms with Crippen LogP contribution in [0.1, 0.15) is 37.7 Å². The van der Waals surface area contributed by atoms with E-state index in [-0.39, 0.29) is 36.7 Å². The summed E-state index contributed by atoms with van der Waals surface area (Å²) in [6, 6.07) is 7.61. The number of benzene rings is 1. The molecule has 0 aliphatic carbocycles. The number of carbonyl (C=O) groups excluding carboxylic acids is 1. The monoisotopic (exact) mass is 546 g/mol. The number of amides is 1. The molecule has 1 aromatic carbocycles. The Labute approximate surface area is 201 Å². The van der Waals surface area contributed by atoms with Crippen molar-refractivity contribution in [1.82, 2.24) is 10.2 Å². The summed E-state index contributed by atoms with van der Waals surface area (Å²) in [5, 5.41) is 3.41. The van der Waals surface area contributed by atoms with Gasteiger partial charge in [0.25, 0.3) is 5.91 Å². The molecule has 0 aromatic heterocycles. The quantitative estimate of drug-likeness (QED) is 0.295. The fourth-order valence-electron chi connectivity index (χ4n) is 3.83. The number of ether oxygens (including phenoxy) is 3. The highest BCUT2D eigenvalue weighted by molar-refractivity contribution is 14.0. The molecule has 2 aliphatic heterocycles. The first kappa shape index (κ1) is 25.7. The van der Waals surface area contributed by atoms with Crippen molar-refractivity contribution in [3.63, 3.8) is 0 Å². The Morgan fingerprint density at radius 3 is 2.77 bits per heavy atom. The average Bonchev–Trinajstić information content (AvgIpc) is 2.78. The SMILES string of the molecule is CN=C(NCc1cccc(OCC(N)=O)c1)N1CCC(OCC2CCCCO2)CC1.I. The van der Waals surface area contributed by atoms with Crippen LogP contribution >= 0.6 is 24.0 Å². The van der Waals surface area contributed by atoms with Crippen LogP contribution in [0.3, 0.4) is 0 Å². The molecule has 1 unspecified atom stereocenters. The minimum atomic E-state index is -0.488. The Bertz CT molecular complexity index is 705. The maximum Gasteiger partial charge on any atom is 0.255 e. The fraction of sp³-hybridized carbons (Fsp3) is 0.636. The number of carbonyl (C=O) groups is 1. The van der Waals surface area contributed by atoms with Crippen molar-refractivity contribution < 1.29 is 19.0 Å². The van der Waals surface area contributed by atoms with Gasteiger partial charge in [-0.2, -0.15) is 0 Å². The van der Waals surface area contributed by atoms with Crippen LogP contribution in [0.4, 0.5) is 0 Å². The third-order valence-electron chi connectivity index (χ3n) is 5.48. The van der Waals surface area contributed by atoms with Gasteiger partial charge in [-0.1, -0.05) is 12.1 Å². The number of primary amides is 1. The van der Waals surface area contributed by atoms with E-state index < -0.39 is 5.91 Å². The Balaban J connectivity index is 0.00000341. The van der Waals surface area contributed by atoms with Crippen LogP contribution in [-0.2, 0) is 20.8 Å². The van der Waals surface area contributed by atoms with Gasteiger partial charge in [0.2, 0.25) is 0 Å². The number of nitrogens with two attached hydrogens (primary N) is 1. The van der Waals surface area contributed by atoms with Crippen molar-refractivity contribution in [3.05, 3.63) is 29.8 Å². The smallest absolute Gasteiger partial charge is 0.255 e. The van der Waals surface area contributed by atoms with Crippen LogP contribution in [0.25, 0.3) is 0 Å². The number of hydrogen-bond acceptors (Lipinski definition) is 5. The Morgan fingerprint density at radius 1 is 1.29 bits per heavy atom. The second-order valence-corrected chi connectivity index (χ2v) is 7.81. The molecule has 0 saturated carbocycles. The second kappa shape index (κ2) is 13.7. The van der Waals surface area contributed by atoms with Crippen molar-refractivity contribution in [2.45, 2.75) is 50.9 Å². The first-order valence-electron chi connectivity index (χ1n) is 10.8. The van der Waals surface area contributed by atoms with Crippen LogP contribution in [0.15, 0.2) is 29.3 Å². The number of hydrogen-bond donors (Lipinski definition) is 2. The van der Waals surface area contributed by atoms with E-state index in [1.165, 1.54) is 12.8 Å². The van der Waals surface area contributed by atoms with E-state index in [4.69, 9.17) is 19.9 Å². The van der Waals surface area contributed by atoms with Gasteiger partial charge in [-0.3, -0.25) is 9.79 Å². The number of nitrogens with one attached hydrogen (secondary N) is 1. The number of likely N-dealkylation sites (tertiary alicyclic amines) is 1. The standard InChI is InChI=1S/C22H34N4O4.HI/c1-24-22(25-14-17-5-4-7-19(13-17)30-16-21(23)27)26-10-8-18(9-11-26)29-15-20-6-2-3-12-28-20;/h4-5,7,13,18,20H,2-3,6,8-12,14-16H2,1H3,(H2,23,27)(H,24,25);1H. The van der Waals surface area contributed by atoms with E-state index in [9.17, 15) is 4.79 Å². The summed E-state index contributed by atoms with van der Waals surface area (Å²) >= 11 is 0. The van der Waals surface area contributed by atoms with Crippen molar-refractivity contribution in [3.8, 4) is 5.75 Å². The van der Waals surface area contributed by atoms with Gasteiger partial charge in [-0.15, -0.1) is 24.0 Å². The Morgan fingerprint density at radius 2 is 2.10 bits per heavy atom. The first-order chi connectivity index (χ1) is 14.6. The van der Waals surface area contributed by atoms with Gasteiger partial charge in [0.1, 0.15) is 5.75 Å². The molecule has 3 N–H and O–H groups in total. The highest BCUT2D eigenvalue weighted by Crippen LogP contribution is 2.18. The molecule has 2 heterocycles. The third kappa shape index (κ3) is 8.82. The van der Waals surface area contributed by atoms with E-state index >= 15 is 0 Å². The molecular formula is C22H35IN4O4. The van der Waals surface area contributed by atoms with Crippen molar-refractivity contribution in [1.29, 1.82) is 0 Å². The zero-order chi connectivity index (χ0) is 21.2. The Kier molecular flexibility index (Phi) is 11.4. The van der Waals surface area contributed by atoms with Gasteiger partial charge in [-0.25, -0.2) is 0 Å². The molecule has 1 amide bonds. The van der Waals surface area contributed by atoms with Gasteiger partial charge >= 0.3 is 0 Å². The molecule has 1 aromatic rings. The van der Waals surface area contributed by atoms with Gasteiger partial charge in [0, 0.05) is 33.3 Å². The van der Waals surface area contributed by atoms with Crippen LogP contribution in [0, 0.1) is 0 Å². The van der Waals surface area contributed by atoms with Crippen LogP contribution < -0.4 is 15.8 Å². The summed E-state index contributed by atoms with van der Waals surface area (Å²) < 4.78 is 17.2. The number of guanidine groups is 1. The second-order valence-electron chi connectivity index (χ2n) is 7.81. The number of halogens is 1. The predicted molar refractivity (Wildman–Crippen MR) is 131 cm³/mol. The number of aliphatic imine (C=N–C) groups is 1. The third-order valence-corrected chi connectivity index (χ3v) is 5.48. The van der Waals surface area contributed by atoms with E-state index in [1.54, 1.807) is 7.05 Å². The topological polar surface area (TPSA) is 98.4 Å². The van der Waals surface area contributed by atoms with Gasteiger partial charge in [0.15, 0.2) is 12.6 Å². The lowest BCUT2D eigenvalue weighted by atomic mass is 10.1. The molecule has 2 fully saturated rings. The molecule has 8 nitrogen and oxygen atoms in total. The lowest BCUT2D eigenvalue weighted by Crippen LogP contribution is -2.47. The molecule has 9 heteroatoms. The highest BCUT2D eigenvalue weighted by Gasteiger charge is 2.23. The van der Waals surface area contributed by atoms with Crippen molar-refractivity contribution in [2.24, 2.45) is 10.7 Å². The fourth-order valence-corrected chi connectivity index (χ4v) is 3.83. The van der Waals surface area contributed by atoms with E-state index in [0.29, 0.717) is 25.0 Å². The molecule has 1 atom stereocenters. The summed E-state index contributed by atoms with van der Waals surface area (Å²) in [7, 11) is 1.80. The highest BCUT2D eigenvalue weighted by atomic mass is 127. The van der Waals surface area contributed by atoms with Crippen LogP contribution in [0.5, 0.6) is 5.75 Å². The lowest BCUT2D eigenvalue weighted by Gasteiger charge is -2.35. The zero-order valence-electron chi connectivity index (χ0n) is 18.3. The summed E-state index contributed by atoms with van der Waals surface area (Å²) in [4.78, 5) is 17.6. The van der Waals surface area contributed by atoms with E-state index in [1.807, 2.05) is 24.3 Å². The molecule has 0 bridgehead atoms. The molecular weight excluding hydrogens is 511 g/mol. The lowest BCUT2D eigenvalue weighted by molar-refractivity contribution is -0.119. The van der Waals surface area contributed by atoms with Crippen LogP contribution in [0.2, 0.25) is 0 Å². The molecule has 0 spiro atoms. The number of nitrogens with zero attached hydrogens (tertiary/aromatic N) is 2. The number of rotatable bonds is 8. The van der Waals surface area contributed by atoms with Gasteiger partial charge < -0.3 is 30.2 Å². The summed E-state index contributed by atoms with van der Waals surface area (Å²) in [6.07, 6.45) is 6.08. The molecule has 31 heavy (non-hydrogen) atoms. The minimum Gasteiger partial charge on any atom is -0.484 e. The summed E-state index contributed by atoms with van der Waals surface area (Å²) in [5.74, 6) is 1.02. The molecule has 2 aliphatic rings. The molecule has 2 saturated heterocycles. The summed E-state index contributed by atoms with van der Waals surface area (Å²) in [6.45, 7) is 3.91. The maximum atomic E-state index is 10.9. The first-order valence-corrected chi connectivity index (χ1v) is 10.8. The number of piperidine rings is 1. The minimum absolute atomic E-state index is 0. The Hall–Kier alpha value is -1.59. The maximum absolute atomic E-state index is 10.9. The van der Waals surface area contributed by atoms with Gasteiger partial charge in [0.05, 0.1) is 18.8 Å². The van der Waals surface area contributed by atoms with Crippen molar-refractivity contribution in [2.75, 3.05) is 40.0 Å². The molecule has 0 radical (unpaired) electrons.